The minimum atomic E-state index is -0.219. The number of rotatable bonds is 2. The number of pyridine rings is 2. The summed E-state index contributed by atoms with van der Waals surface area (Å²) in [6, 6.07) is 38.0. The average Bonchev–Trinajstić information content (AvgIpc) is 3.40. The highest BCUT2D eigenvalue weighted by atomic mass is 15.2. The van der Waals surface area contributed by atoms with Crippen LogP contribution in [0, 0.1) is 0 Å². The zero-order valence-corrected chi connectivity index (χ0v) is 28.8. The molecule has 4 aromatic carbocycles. The molecule has 9 rings (SSSR count). The van der Waals surface area contributed by atoms with Crippen molar-refractivity contribution in [3.63, 3.8) is 0 Å². The number of fused-ring (bicyclic) bond motifs is 7. The van der Waals surface area contributed by atoms with E-state index in [0.29, 0.717) is 0 Å². The fourth-order valence-corrected chi connectivity index (χ4v) is 8.29. The molecule has 2 aliphatic heterocycles. The first-order chi connectivity index (χ1) is 23.0. The van der Waals surface area contributed by atoms with Gasteiger partial charge in [-0.05, 0) is 82.3 Å². The standard InChI is InChI=1S/C44H40N4/c1-42(2,3)28-23-31-30-25-34-39(26-38(30)48-40(31)35(24-28)44(6,7)33-17-13-21-46-41(33)48)47(37-19-9-8-16-32(37)43(34,4)5)29-15-12-14-27(22-29)36-18-10-11-20-45-36/h8-26H,1-7H3. The molecule has 0 saturated heterocycles. The zero-order valence-electron chi connectivity index (χ0n) is 28.8. The maximum Gasteiger partial charge on any atom is 0.141 e. The van der Waals surface area contributed by atoms with Crippen molar-refractivity contribution in [1.29, 1.82) is 0 Å². The van der Waals surface area contributed by atoms with E-state index >= 15 is 0 Å². The van der Waals surface area contributed by atoms with Crippen LogP contribution >= 0.6 is 0 Å². The van der Waals surface area contributed by atoms with Gasteiger partial charge >= 0.3 is 0 Å². The third-order valence-electron chi connectivity index (χ3n) is 11.0. The molecule has 0 amide bonds. The summed E-state index contributed by atoms with van der Waals surface area (Å²) in [6.45, 7) is 16.4. The van der Waals surface area contributed by atoms with Gasteiger partial charge in [-0.1, -0.05) is 97.0 Å². The minimum absolute atomic E-state index is 0.00620. The van der Waals surface area contributed by atoms with Gasteiger partial charge in [-0.3, -0.25) is 9.55 Å². The third-order valence-corrected chi connectivity index (χ3v) is 11.0. The van der Waals surface area contributed by atoms with Gasteiger partial charge in [0, 0.05) is 50.8 Å². The second kappa shape index (κ2) is 9.67. The molecule has 0 fully saturated rings. The lowest BCUT2D eigenvalue weighted by Crippen LogP contribution is -2.30. The van der Waals surface area contributed by atoms with Crippen molar-refractivity contribution in [3.8, 4) is 17.1 Å². The maximum absolute atomic E-state index is 5.07. The SMILES string of the molecule is CC(C)(C)c1cc2c3c(c1)c1cc4c(cc1n3-c1ncccc1C2(C)C)N(c1cccc(-c2ccccn2)c1)c1ccccc1C4(C)C. The van der Waals surface area contributed by atoms with E-state index in [1.165, 1.54) is 61.0 Å². The van der Waals surface area contributed by atoms with Crippen molar-refractivity contribution in [2.45, 2.75) is 64.7 Å². The first-order valence-corrected chi connectivity index (χ1v) is 17.0. The van der Waals surface area contributed by atoms with E-state index in [1.54, 1.807) is 0 Å². The Kier molecular flexibility index (Phi) is 5.83. The van der Waals surface area contributed by atoms with Gasteiger partial charge < -0.3 is 4.90 Å². The molecule has 2 aliphatic rings. The highest BCUT2D eigenvalue weighted by molar-refractivity contribution is 6.13. The van der Waals surface area contributed by atoms with Crippen LogP contribution in [0.3, 0.4) is 0 Å². The molecular weight excluding hydrogens is 585 g/mol. The lowest BCUT2D eigenvalue weighted by molar-refractivity contribution is 0.581. The lowest BCUT2D eigenvalue weighted by Gasteiger charge is -2.42. The summed E-state index contributed by atoms with van der Waals surface area (Å²) in [6.07, 6.45) is 3.80. The van der Waals surface area contributed by atoms with Crippen LogP contribution in [0.15, 0.2) is 116 Å². The first kappa shape index (κ1) is 29.0. The third kappa shape index (κ3) is 3.89. The molecule has 48 heavy (non-hydrogen) atoms. The van der Waals surface area contributed by atoms with Crippen LogP contribution in [-0.4, -0.2) is 14.5 Å². The topological polar surface area (TPSA) is 34.0 Å². The molecular formula is C44H40N4. The molecule has 0 saturated carbocycles. The summed E-state index contributed by atoms with van der Waals surface area (Å²) >= 11 is 0. The second-order valence-corrected chi connectivity index (χ2v) is 15.6. The van der Waals surface area contributed by atoms with Gasteiger partial charge in [0.05, 0.1) is 28.1 Å². The number of hydrogen-bond acceptors (Lipinski definition) is 3. The summed E-state index contributed by atoms with van der Waals surface area (Å²) in [4.78, 5) is 12.2. The Bertz CT molecular complexity index is 2440. The smallest absolute Gasteiger partial charge is 0.141 e. The number of benzene rings is 4. The van der Waals surface area contributed by atoms with Crippen LogP contribution in [0.1, 0.15) is 76.3 Å². The van der Waals surface area contributed by atoms with Crippen LogP contribution in [-0.2, 0) is 16.2 Å². The van der Waals surface area contributed by atoms with E-state index in [0.717, 1.165) is 22.8 Å². The molecule has 236 valence electrons. The molecule has 3 aromatic heterocycles. The van der Waals surface area contributed by atoms with Gasteiger partial charge in [0.25, 0.3) is 0 Å². The molecule has 4 nitrogen and oxygen atoms in total. The van der Waals surface area contributed by atoms with Crippen molar-refractivity contribution in [1.82, 2.24) is 14.5 Å². The van der Waals surface area contributed by atoms with E-state index < -0.39 is 0 Å². The van der Waals surface area contributed by atoms with E-state index in [-0.39, 0.29) is 16.2 Å². The zero-order chi connectivity index (χ0) is 33.2. The number of para-hydroxylation sites is 1. The van der Waals surface area contributed by atoms with Crippen LogP contribution in [0.2, 0.25) is 0 Å². The highest BCUT2D eigenvalue weighted by Gasteiger charge is 2.40. The maximum atomic E-state index is 5.07. The Labute approximate surface area is 282 Å². The van der Waals surface area contributed by atoms with Crippen LogP contribution in [0.4, 0.5) is 17.1 Å². The van der Waals surface area contributed by atoms with E-state index in [9.17, 15) is 0 Å². The van der Waals surface area contributed by atoms with E-state index in [4.69, 9.17) is 4.98 Å². The Morgan fingerprint density at radius 2 is 1.33 bits per heavy atom. The quantitative estimate of drug-likeness (QED) is 0.192. The fraction of sp³-hybridized carbons (Fsp3) is 0.227. The van der Waals surface area contributed by atoms with E-state index in [2.05, 4.69) is 160 Å². The molecule has 0 aliphatic carbocycles. The summed E-state index contributed by atoms with van der Waals surface area (Å²) in [7, 11) is 0. The Balaban J connectivity index is 1.41. The Morgan fingerprint density at radius 3 is 2.12 bits per heavy atom. The Hall–Kier alpha value is -5.22. The molecule has 0 N–H and O–H groups in total. The van der Waals surface area contributed by atoms with Crippen molar-refractivity contribution in [3.05, 3.63) is 143 Å². The molecule has 0 bridgehead atoms. The molecule has 0 spiro atoms. The van der Waals surface area contributed by atoms with Gasteiger partial charge in [0.1, 0.15) is 5.82 Å². The normalized spacial score (nSPS) is 15.7. The predicted molar refractivity (Wildman–Crippen MR) is 199 cm³/mol. The minimum Gasteiger partial charge on any atom is -0.310 e. The van der Waals surface area contributed by atoms with Crippen LogP contribution in [0.25, 0.3) is 38.9 Å². The Morgan fingerprint density at radius 1 is 0.583 bits per heavy atom. The van der Waals surface area contributed by atoms with Crippen LogP contribution < -0.4 is 4.90 Å². The molecule has 0 radical (unpaired) electrons. The summed E-state index contributed by atoms with van der Waals surface area (Å²) in [5.74, 6) is 1.03. The molecule has 7 aromatic rings. The van der Waals surface area contributed by atoms with Gasteiger partial charge in [-0.2, -0.15) is 0 Å². The largest absolute Gasteiger partial charge is 0.310 e. The summed E-state index contributed by atoms with van der Waals surface area (Å²) < 4.78 is 2.45. The van der Waals surface area contributed by atoms with Gasteiger partial charge in [-0.25, -0.2) is 4.98 Å². The van der Waals surface area contributed by atoms with Crippen molar-refractivity contribution < 1.29 is 0 Å². The van der Waals surface area contributed by atoms with E-state index in [1.807, 2.05) is 18.5 Å². The van der Waals surface area contributed by atoms with Crippen molar-refractivity contribution in [2.75, 3.05) is 4.90 Å². The molecule has 4 heteroatoms. The van der Waals surface area contributed by atoms with Gasteiger partial charge in [0.2, 0.25) is 0 Å². The predicted octanol–water partition coefficient (Wildman–Crippen LogP) is 11.3. The number of hydrogen-bond donors (Lipinski definition) is 0. The fourth-order valence-electron chi connectivity index (χ4n) is 8.29. The first-order valence-electron chi connectivity index (χ1n) is 17.0. The average molecular weight is 625 g/mol. The molecule has 0 unspecified atom stereocenters. The highest BCUT2D eigenvalue weighted by Crippen LogP contribution is 2.55. The molecule has 5 heterocycles. The summed E-state index contributed by atoms with van der Waals surface area (Å²) in [5.41, 5.74) is 14.3. The van der Waals surface area contributed by atoms with Gasteiger partial charge in [-0.15, -0.1) is 0 Å². The van der Waals surface area contributed by atoms with Gasteiger partial charge in [0.15, 0.2) is 0 Å². The van der Waals surface area contributed by atoms with Crippen molar-refractivity contribution in [2.24, 2.45) is 0 Å². The van der Waals surface area contributed by atoms with Crippen molar-refractivity contribution >= 4 is 38.9 Å². The monoisotopic (exact) mass is 624 g/mol. The second-order valence-electron chi connectivity index (χ2n) is 15.6. The number of nitrogens with zero attached hydrogens (tertiary/aromatic N) is 4. The lowest BCUT2D eigenvalue weighted by atomic mass is 9.72. The molecule has 0 atom stereocenters. The van der Waals surface area contributed by atoms with Crippen LogP contribution in [0.5, 0.6) is 0 Å². The number of anilines is 3. The summed E-state index contributed by atoms with van der Waals surface area (Å²) in [5, 5.41) is 2.58. The number of aromatic nitrogens is 3.